The van der Waals surface area contributed by atoms with Crippen molar-refractivity contribution in [1.82, 2.24) is 15.1 Å². The topological polar surface area (TPSA) is 59.0 Å². The molecule has 1 aromatic heterocycles. The molecule has 1 aromatic rings. The SMILES string of the molecule is CNC(=O)Cn1cc(NC(C)CCC(C)C)cn1. The average molecular weight is 252 g/mol. The van der Waals surface area contributed by atoms with E-state index in [2.05, 4.69) is 36.5 Å². The van der Waals surface area contributed by atoms with Gasteiger partial charge in [-0.3, -0.25) is 9.48 Å². The molecule has 0 radical (unpaired) electrons. The van der Waals surface area contributed by atoms with Crippen molar-refractivity contribution in [2.24, 2.45) is 5.92 Å². The maximum Gasteiger partial charge on any atom is 0.241 e. The first-order valence-corrected chi connectivity index (χ1v) is 6.50. The number of hydrogen-bond donors (Lipinski definition) is 2. The third-order valence-corrected chi connectivity index (χ3v) is 2.81. The van der Waals surface area contributed by atoms with Crippen LogP contribution in [0.3, 0.4) is 0 Å². The number of hydrogen-bond acceptors (Lipinski definition) is 3. The molecule has 0 bridgehead atoms. The van der Waals surface area contributed by atoms with Gasteiger partial charge in [0.05, 0.1) is 11.9 Å². The van der Waals surface area contributed by atoms with Crippen molar-refractivity contribution in [3.8, 4) is 0 Å². The van der Waals surface area contributed by atoms with E-state index in [0.29, 0.717) is 6.04 Å². The third kappa shape index (κ3) is 5.21. The fourth-order valence-corrected chi connectivity index (χ4v) is 1.69. The van der Waals surface area contributed by atoms with E-state index < -0.39 is 0 Å². The van der Waals surface area contributed by atoms with Crippen LogP contribution in [0.4, 0.5) is 5.69 Å². The summed E-state index contributed by atoms with van der Waals surface area (Å²) in [5, 5.41) is 10.1. The fraction of sp³-hybridized carbons (Fsp3) is 0.692. The minimum Gasteiger partial charge on any atom is -0.380 e. The second kappa shape index (κ2) is 7.03. The number of amides is 1. The summed E-state index contributed by atoms with van der Waals surface area (Å²) in [5.41, 5.74) is 0.968. The minimum absolute atomic E-state index is 0.0440. The highest BCUT2D eigenvalue weighted by molar-refractivity contribution is 5.75. The molecule has 18 heavy (non-hydrogen) atoms. The Bertz CT molecular complexity index is 373. The van der Waals surface area contributed by atoms with Crippen LogP contribution in [0.5, 0.6) is 0 Å². The first-order valence-electron chi connectivity index (χ1n) is 6.50. The monoisotopic (exact) mass is 252 g/mol. The Morgan fingerprint density at radius 1 is 1.39 bits per heavy atom. The van der Waals surface area contributed by atoms with Gasteiger partial charge in [0.25, 0.3) is 0 Å². The quantitative estimate of drug-likeness (QED) is 0.779. The number of nitrogens with zero attached hydrogens (tertiary/aromatic N) is 2. The van der Waals surface area contributed by atoms with Crippen LogP contribution in [0.1, 0.15) is 33.6 Å². The van der Waals surface area contributed by atoms with Crippen LogP contribution < -0.4 is 10.6 Å². The summed E-state index contributed by atoms with van der Waals surface area (Å²) in [4.78, 5) is 11.2. The van der Waals surface area contributed by atoms with Crippen molar-refractivity contribution in [2.75, 3.05) is 12.4 Å². The molecule has 5 nitrogen and oxygen atoms in total. The van der Waals surface area contributed by atoms with Crippen LogP contribution in [0.25, 0.3) is 0 Å². The van der Waals surface area contributed by atoms with Gasteiger partial charge in [-0.15, -0.1) is 0 Å². The summed E-state index contributed by atoms with van der Waals surface area (Å²) in [5.74, 6) is 0.683. The lowest BCUT2D eigenvalue weighted by Gasteiger charge is -2.14. The summed E-state index contributed by atoms with van der Waals surface area (Å²) in [6.07, 6.45) is 5.97. The van der Waals surface area contributed by atoms with Gasteiger partial charge in [-0.1, -0.05) is 13.8 Å². The number of carbonyl (C=O) groups excluding carboxylic acids is 1. The Balaban J connectivity index is 2.41. The predicted octanol–water partition coefficient (Wildman–Crippen LogP) is 1.87. The summed E-state index contributed by atoms with van der Waals surface area (Å²) in [6.45, 7) is 6.89. The van der Waals surface area contributed by atoms with Gasteiger partial charge in [-0.2, -0.15) is 5.10 Å². The van der Waals surface area contributed by atoms with Gasteiger partial charge in [0.2, 0.25) is 5.91 Å². The lowest BCUT2D eigenvalue weighted by molar-refractivity contribution is -0.121. The van der Waals surface area contributed by atoms with Crippen molar-refractivity contribution in [2.45, 2.75) is 46.2 Å². The van der Waals surface area contributed by atoms with E-state index in [4.69, 9.17) is 0 Å². The molecular formula is C13H24N4O. The van der Waals surface area contributed by atoms with Crippen molar-refractivity contribution in [3.63, 3.8) is 0 Å². The van der Waals surface area contributed by atoms with E-state index in [0.717, 1.165) is 18.0 Å². The molecule has 0 aliphatic heterocycles. The largest absolute Gasteiger partial charge is 0.380 e. The van der Waals surface area contributed by atoms with Crippen LogP contribution in [0.2, 0.25) is 0 Å². The lowest BCUT2D eigenvalue weighted by atomic mass is 10.0. The first kappa shape index (κ1) is 14.5. The maximum absolute atomic E-state index is 11.2. The molecule has 0 saturated heterocycles. The molecule has 1 amide bonds. The Morgan fingerprint density at radius 2 is 2.11 bits per heavy atom. The Hall–Kier alpha value is -1.52. The molecule has 0 aromatic carbocycles. The summed E-state index contributed by atoms with van der Waals surface area (Å²) < 4.78 is 1.64. The van der Waals surface area contributed by atoms with Gasteiger partial charge in [-0.05, 0) is 25.7 Å². The van der Waals surface area contributed by atoms with Gasteiger partial charge in [0, 0.05) is 19.3 Å². The van der Waals surface area contributed by atoms with Crippen LogP contribution >= 0.6 is 0 Å². The number of likely N-dealkylation sites (N-methyl/N-ethyl adjacent to an activating group) is 1. The highest BCUT2D eigenvalue weighted by Gasteiger charge is 2.06. The predicted molar refractivity (Wildman–Crippen MR) is 73.5 cm³/mol. The molecule has 102 valence electrons. The highest BCUT2D eigenvalue weighted by Crippen LogP contribution is 2.12. The Kier molecular flexibility index (Phi) is 5.68. The maximum atomic E-state index is 11.2. The standard InChI is InChI=1S/C13H24N4O/c1-10(2)5-6-11(3)16-12-7-15-17(8-12)9-13(18)14-4/h7-8,10-11,16H,5-6,9H2,1-4H3,(H,14,18). The summed E-state index contributed by atoms with van der Waals surface area (Å²) >= 11 is 0. The molecule has 1 rings (SSSR count). The van der Waals surface area contributed by atoms with E-state index >= 15 is 0 Å². The Morgan fingerprint density at radius 3 is 2.72 bits per heavy atom. The number of aromatic nitrogens is 2. The van der Waals surface area contributed by atoms with Crippen LogP contribution in [-0.2, 0) is 11.3 Å². The fourth-order valence-electron chi connectivity index (χ4n) is 1.69. The van der Waals surface area contributed by atoms with Crippen LogP contribution in [0, 0.1) is 5.92 Å². The van der Waals surface area contributed by atoms with E-state index in [1.165, 1.54) is 6.42 Å². The van der Waals surface area contributed by atoms with Gasteiger partial charge in [0.1, 0.15) is 6.54 Å². The number of nitrogens with one attached hydrogen (secondary N) is 2. The molecule has 0 saturated carbocycles. The van der Waals surface area contributed by atoms with Crippen molar-refractivity contribution < 1.29 is 4.79 Å². The van der Waals surface area contributed by atoms with E-state index in [1.807, 2.05) is 6.20 Å². The zero-order chi connectivity index (χ0) is 13.5. The van der Waals surface area contributed by atoms with Crippen molar-refractivity contribution in [3.05, 3.63) is 12.4 Å². The van der Waals surface area contributed by atoms with Crippen LogP contribution in [0.15, 0.2) is 12.4 Å². The van der Waals surface area contributed by atoms with Gasteiger partial charge in [-0.25, -0.2) is 0 Å². The van der Waals surface area contributed by atoms with E-state index in [9.17, 15) is 4.79 Å². The second-order valence-corrected chi connectivity index (χ2v) is 5.12. The van der Waals surface area contributed by atoms with Gasteiger partial charge in [0.15, 0.2) is 0 Å². The molecule has 0 spiro atoms. The van der Waals surface area contributed by atoms with E-state index in [1.54, 1.807) is 17.9 Å². The van der Waals surface area contributed by atoms with Crippen molar-refractivity contribution >= 4 is 11.6 Å². The average Bonchev–Trinajstić information content (AvgIpc) is 2.73. The lowest BCUT2D eigenvalue weighted by Crippen LogP contribution is -2.23. The summed E-state index contributed by atoms with van der Waals surface area (Å²) in [6, 6.07) is 0.421. The molecule has 0 aliphatic rings. The summed E-state index contributed by atoms with van der Waals surface area (Å²) in [7, 11) is 1.62. The number of rotatable bonds is 7. The molecule has 1 unspecified atom stereocenters. The van der Waals surface area contributed by atoms with Crippen LogP contribution in [-0.4, -0.2) is 28.8 Å². The van der Waals surface area contributed by atoms with Gasteiger partial charge >= 0.3 is 0 Å². The Labute approximate surface area is 109 Å². The molecule has 1 heterocycles. The van der Waals surface area contributed by atoms with Crippen molar-refractivity contribution in [1.29, 1.82) is 0 Å². The normalized spacial score (nSPS) is 12.5. The van der Waals surface area contributed by atoms with Gasteiger partial charge < -0.3 is 10.6 Å². The first-order chi connectivity index (χ1) is 8.51. The minimum atomic E-state index is -0.0440. The molecule has 2 N–H and O–H groups in total. The molecule has 0 fully saturated rings. The zero-order valence-electron chi connectivity index (χ0n) is 11.7. The highest BCUT2D eigenvalue weighted by atomic mass is 16.1. The molecule has 5 heteroatoms. The zero-order valence-corrected chi connectivity index (χ0v) is 11.7. The number of anilines is 1. The molecular weight excluding hydrogens is 228 g/mol. The number of carbonyl (C=O) groups is 1. The smallest absolute Gasteiger partial charge is 0.241 e. The third-order valence-electron chi connectivity index (χ3n) is 2.81. The molecule has 0 aliphatic carbocycles. The van der Waals surface area contributed by atoms with E-state index in [-0.39, 0.29) is 12.5 Å². The molecule has 1 atom stereocenters. The second-order valence-electron chi connectivity index (χ2n) is 5.12.